The largest absolute Gasteiger partial charge is 0.497 e. The fraction of sp³-hybridized carbons (Fsp3) is 0.0870. The standard InChI is InChI=1S/C23H20FN5O3/c1-32-19-8-6-18(7-9-19)29-14-26-20-10-5-16(12-21(20)29)22(30)27-28-23(31)25-13-15-3-2-4-17(24)11-15/h2-12,14H,13H2,1H3,(H,27,30)(H2,25,28,31). The molecule has 9 heteroatoms. The Hall–Kier alpha value is -4.40. The Kier molecular flexibility index (Phi) is 5.98. The summed E-state index contributed by atoms with van der Waals surface area (Å²) in [5.41, 5.74) is 7.91. The summed E-state index contributed by atoms with van der Waals surface area (Å²) < 4.78 is 20.2. The molecule has 3 N–H and O–H groups in total. The van der Waals surface area contributed by atoms with Crippen LogP contribution in [0.3, 0.4) is 0 Å². The van der Waals surface area contributed by atoms with Crippen LogP contribution in [0.2, 0.25) is 0 Å². The first-order valence-corrected chi connectivity index (χ1v) is 9.73. The van der Waals surface area contributed by atoms with Gasteiger partial charge in [0, 0.05) is 17.8 Å². The molecule has 0 aliphatic heterocycles. The first-order valence-electron chi connectivity index (χ1n) is 9.73. The molecule has 3 amide bonds. The van der Waals surface area contributed by atoms with Crippen molar-refractivity contribution >= 4 is 23.0 Å². The third-order valence-corrected chi connectivity index (χ3v) is 4.79. The summed E-state index contributed by atoms with van der Waals surface area (Å²) in [7, 11) is 1.60. The van der Waals surface area contributed by atoms with E-state index in [1.165, 1.54) is 12.1 Å². The highest BCUT2D eigenvalue weighted by Gasteiger charge is 2.11. The van der Waals surface area contributed by atoms with E-state index in [-0.39, 0.29) is 12.4 Å². The van der Waals surface area contributed by atoms with Gasteiger partial charge in [0.05, 0.1) is 18.1 Å². The highest BCUT2D eigenvalue weighted by molar-refractivity contribution is 5.98. The molecule has 0 atom stereocenters. The molecule has 1 aromatic heterocycles. The maximum absolute atomic E-state index is 13.2. The van der Waals surface area contributed by atoms with Crippen molar-refractivity contribution in [2.24, 2.45) is 0 Å². The van der Waals surface area contributed by atoms with E-state index in [1.54, 1.807) is 43.8 Å². The second-order valence-electron chi connectivity index (χ2n) is 6.91. The van der Waals surface area contributed by atoms with Crippen molar-refractivity contribution in [3.05, 3.63) is 90.0 Å². The Bertz CT molecular complexity index is 1270. The number of hydrogen-bond donors (Lipinski definition) is 3. The predicted molar refractivity (Wildman–Crippen MR) is 117 cm³/mol. The first kappa shape index (κ1) is 20.9. The number of fused-ring (bicyclic) bond motifs is 1. The average molecular weight is 433 g/mol. The molecular weight excluding hydrogens is 413 g/mol. The van der Waals surface area contributed by atoms with E-state index >= 15 is 0 Å². The number of methoxy groups -OCH3 is 1. The van der Waals surface area contributed by atoms with Crippen molar-refractivity contribution in [1.29, 1.82) is 0 Å². The zero-order valence-electron chi connectivity index (χ0n) is 17.1. The molecule has 32 heavy (non-hydrogen) atoms. The van der Waals surface area contributed by atoms with E-state index < -0.39 is 11.9 Å². The lowest BCUT2D eigenvalue weighted by atomic mass is 10.2. The smallest absolute Gasteiger partial charge is 0.333 e. The highest BCUT2D eigenvalue weighted by Crippen LogP contribution is 2.21. The number of urea groups is 1. The van der Waals surface area contributed by atoms with E-state index in [1.807, 2.05) is 28.8 Å². The number of halogens is 1. The molecule has 0 radical (unpaired) electrons. The SMILES string of the molecule is COc1ccc(-n2cnc3ccc(C(=O)NNC(=O)NCc4cccc(F)c4)cc32)cc1. The summed E-state index contributed by atoms with van der Waals surface area (Å²) in [6.45, 7) is 0.118. The van der Waals surface area contributed by atoms with Gasteiger partial charge in [0.2, 0.25) is 0 Å². The number of carbonyl (C=O) groups is 2. The number of hydrogen-bond acceptors (Lipinski definition) is 4. The average Bonchev–Trinajstić information content (AvgIpc) is 3.24. The van der Waals surface area contributed by atoms with Crippen LogP contribution in [0.4, 0.5) is 9.18 Å². The molecule has 1 heterocycles. The number of hydrazine groups is 1. The summed E-state index contributed by atoms with van der Waals surface area (Å²) in [6.07, 6.45) is 1.67. The zero-order valence-corrected chi connectivity index (χ0v) is 17.1. The number of ether oxygens (including phenoxy) is 1. The third kappa shape index (κ3) is 4.67. The molecule has 4 aromatic rings. The normalized spacial score (nSPS) is 10.6. The van der Waals surface area contributed by atoms with Gasteiger partial charge < -0.3 is 10.1 Å². The van der Waals surface area contributed by atoms with Crippen LogP contribution in [0.1, 0.15) is 15.9 Å². The summed E-state index contributed by atoms with van der Waals surface area (Å²) in [6, 6.07) is 17.7. The van der Waals surface area contributed by atoms with Crippen LogP contribution in [-0.2, 0) is 6.54 Å². The number of aromatic nitrogens is 2. The lowest BCUT2D eigenvalue weighted by molar-refractivity contribution is 0.0936. The minimum Gasteiger partial charge on any atom is -0.497 e. The topological polar surface area (TPSA) is 97.3 Å². The first-order chi connectivity index (χ1) is 15.5. The number of rotatable bonds is 5. The van der Waals surface area contributed by atoms with Crippen molar-refractivity contribution in [3.8, 4) is 11.4 Å². The van der Waals surface area contributed by atoms with Crippen LogP contribution in [0.5, 0.6) is 5.75 Å². The number of nitrogens with zero attached hydrogens (tertiary/aromatic N) is 2. The van der Waals surface area contributed by atoms with Gasteiger partial charge in [-0.1, -0.05) is 12.1 Å². The molecule has 0 bridgehead atoms. The van der Waals surface area contributed by atoms with Crippen LogP contribution in [0.15, 0.2) is 73.1 Å². The van der Waals surface area contributed by atoms with E-state index in [4.69, 9.17) is 4.74 Å². The molecule has 0 fully saturated rings. The van der Waals surface area contributed by atoms with Crippen LogP contribution >= 0.6 is 0 Å². The van der Waals surface area contributed by atoms with Gasteiger partial charge in [-0.25, -0.2) is 19.6 Å². The van der Waals surface area contributed by atoms with Gasteiger partial charge in [-0.05, 0) is 60.2 Å². The quantitative estimate of drug-likeness (QED) is 0.421. The second kappa shape index (κ2) is 9.17. The van der Waals surface area contributed by atoms with Crippen molar-refractivity contribution in [1.82, 2.24) is 25.7 Å². The number of imidazole rings is 1. The monoisotopic (exact) mass is 433 g/mol. The molecule has 0 aliphatic rings. The molecule has 4 rings (SSSR count). The van der Waals surface area contributed by atoms with E-state index in [9.17, 15) is 14.0 Å². The van der Waals surface area contributed by atoms with Crippen molar-refractivity contribution in [2.45, 2.75) is 6.54 Å². The van der Waals surface area contributed by atoms with E-state index in [0.29, 0.717) is 11.1 Å². The van der Waals surface area contributed by atoms with Crippen molar-refractivity contribution < 1.29 is 18.7 Å². The predicted octanol–water partition coefficient (Wildman–Crippen LogP) is 3.32. The minimum atomic E-state index is -0.619. The Morgan fingerprint density at radius 2 is 1.84 bits per heavy atom. The number of carbonyl (C=O) groups excluding carboxylic acids is 2. The van der Waals surface area contributed by atoms with Gasteiger partial charge >= 0.3 is 6.03 Å². The maximum Gasteiger partial charge on any atom is 0.333 e. The van der Waals surface area contributed by atoms with Crippen LogP contribution in [0, 0.1) is 5.82 Å². The Labute approximate surface area is 183 Å². The van der Waals surface area contributed by atoms with Crippen molar-refractivity contribution in [3.63, 3.8) is 0 Å². The third-order valence-electron chi connectivity index (χ3n) is 4.79. The van der Waals surface area contributed by atoms with Crippen LogP contribution in [0.25, 0.3) is 16.7 Å². The summed E-state index contributed by atoms with van der Waals surface area (Å²) in [5, 5.41) is 2.54. The maximum atomic E-state index is 13.2. The van der Waals surface area contributed by atoms with Gasteiger partial charge in [-0.15, -0.1) is 0 Å². The van der Waals surface area contributed by atoms with E-state index in [0.717, 1.165) is 22.5 Å². The molecule has 0 spiro atoms. The summed E-state index contributed by atoms with van der Waals surface area (Å²) >= 11 is 0. The fourth-order valence-electron chi connectivity index (χ4n) is 3.16. The fourth-order valence-corrected chi connectivity index (χ4v) is 3.16. The summed E-state index contributed by atoms with van der Waals surface area (Å²) in [5.74, 6) is -0.141. The lowest BCUT2D eigenvalue weighted by Crippen LogP contribution is -2.46. The lowest BCUT2D eigenvalue weighted by Gasteiger charge is -2.10. The molecule has 0 aliphatic carbocycles. The molecule has 0 saturated heterocycles. The highest BCUT2D eigenvalue weighted by atomic mass is 19.1. The molecule has 0 unspecified atom stereocenters. The molecule has 3 aromatic carbocycles. The zero-order chi connectivity index (χ0) is 22.5. The molecule has 0 saturated carbocycles. The van der Waals surface area contributed by atoms with Crippen LogP contribution < -0.4 is 20.9 Å². The van der Waals surface area contributed by atoms with Gasteiger partial charge in [0.1, 0.15) is 17.9 Å². The number of benzene rings is 3. The molecule has 8 nitrogen and oxygen atoms in total. The Morgan fingerprint density at radius 3 is 2.59 bits per heavy atom. The number of nitrogens with one attached hydrogen (secondary N) is 3. The Balaban J connectivity index is 1.41. The van der Waals surface area contributed by atoms with Crippen LogP contribution in [-0.4, -0.2) is 28.6 Å². The summed E-state index contributed by atoms with van der Waals surface area (Å²) in [4.78, 5) is 28.8. The van der Waals surface area contributed by atoms with Crippen molar-refractivity contribution in [2.75, 3.05) is 7.11 Å². The van der Waals surface area contributed by atoms with Gasteiger partial charge in [-0.3, -0.25) is 14.8 Å². The molecular formula is C23H20FN5O3. The van der Waals surface area contributed by atoms with Gasteiger partial charge in [0.25, 0.3) is 5.91 Å². The number of amides is 3. The minimum absolute atomic E-state index is 0.118. The van der Waals surface area contributed by atoms with Gasteiger partial charge in [-0.2, -0.15) is 0 Å². The molecule has 162 valence electrons. The van der Waals surface area contributed by atoms with E-state index in [2.05, 4.69) is 21.2 Å². The van der Waals surface area contributed by atoms with Gasteiger partial charge in [0.15, 0.2) is 0 Å². The second-order valence-corrected chi connectivity index (χ2v) is 6.91. The Morgan fingerprint density at radius 1 is 1.03 bits per heavy atom.